The molecular weight excluding hydrogens is 330 g/mol. The minimum absolute atomic E-state index is 0.153. The fourth-order valence-electron chi connectivity index (χ4n) is 2.96. The molecule has 0 saturated carbocycles. The summed E-state index contributed by atoms with van der Waals surface area (Å²) in [6.45, 7) is 0.317. The molecule has 5 N–H and O–H groups in total. The predicted molar refractivity (Wildman–Crippen MR) is 75.2 cm³/mol. The molecule has 2 bridgehead atoms. The van der Waals surface area contributed by atoms with Gasteiger partial charge in [0.1, 0.15) is 6.04 Å². The highest BCUT2D eigenvalue weighted by molar-refractivity contribution is 7.80. The topological polar surface area (TPSA) is 167 Å². The van der Waals surface area contributed by atoms with Crippen molar-refractivity contribution in [1.29, 1.82) is 5.41 Å². The maximum absolute atomic E-state index is 12.4. The number of guanidine groups is 1. The van der Waals surface area contributed by atoms with Crippen LogP contribution in [0.3, 0.4) is 0 Å². The zero-order valence-corrected chi connectivity index (χ0v) is 12.8. The lowest BCUT2D eigenvalue weighted by molar-refractivity contribution is -0.0317. The van der Waals surface area contributed by atoms with Gasteiger partial charge in [-0.1, -0.05) is 0 Å². The van der Waals surface area contributed by atoms with Crippen LogP contribution in [0.2, 0.25) is 0 Å². The summed E-state index contributed by atoms with van der Waals surface area (Å²) in [5.74, 6) is -0.256. The molecule has 0 aliphatic carbocycles. The first kappa shape index (κ1) is 15.5. The minimum Gasteiger partial charge on any atom is -0.370 e. The fraction of sp³-hybridized carbons (Fsp3) is 0.500. The number of carbonyl (C=O) groups is 1. The number of rotatable bonds is 4. The zero-order valence-electron chi connectivity index (χ0n) is 12.0. The number of nitrogens with two attached hydrogens (primary N) is 1. The number of carbonyl (C=O) groups excluding carboxylic acids is 1. The van der Waals surface area contributed by atoms with Crippen LogP contribution in [0, 0.1) is 5.41 Å². The van der Waals surface area contributed by atoms with Crippen LogP contribution in [-0.4, -0.2) is 57.8 Å². The molecule has 1 aromatic rings. The average molecular weight is 345 g/mol. The van der Waals surface area contributed by atoms with E-state index in [-0.39, 0.29) is 19.0 Å². The molecule has 13 heteroatoms. The first-order valence-corrected chi connectivity index (χ1v) is 7.92. The van der Waals surface area contributed by atoms with Crippen molar-refractivity contribution in [2.24, 2.45) is 12.8 Å². The molecule has 0 radical (unpaired) electrons. The Morgan fingerprint density at radius 1 is 1.65 bits per heavy atom. The van der Waals surface area contributed by atoms with Crippen LogP contribution in [0.4, 0.5) is 4.79 Å². The van der Waals surface area contributed by atoms with Gasteiger partial charge in [0.2, 0.25) is 0 Å². The van der Waals surface area contributed by atoms with Gasteiger partial charge in [-0.15, -0.1) is 4.28 Å². The van der Waals surface area contributed by atoms with Crippen molar-refractivity contribution in [2.45, 2.75) is 12.1 Å². The third-order valence-corrected chi connectivity index (χ3v) is 4.16. The van der Waals surface area contributed by atoms with E-state index in [1.54, 1.807) is 11.7 Å². The Labute approximate surface area is 131 Å². The van der Waals surface area contributed by atoms with Crippen LogP contribution < -0.4 is 11.1 Å². The van der Waals surface area contributed by atoms with Crippen molar-refractivity contribution in [3.8, 4) is 0 Å². The Morgan fingerprint density at radius 2 is 2.35 bits per heavy atom. The first-order chi connectivity index (χ1) is 10.7. The van der Waals surface area contributed by atoms with E-state index in [2.05, 4.69) is 14.7 Å². The predicted octanol–water partition coefficient (Wildman–Crippen LogP) is -1.53. The van der Waals surface area contributed by atoms with Crippen molar-refractivity contribution < 1.29 is 22.0 Å². The molecule has 126 valence electrons. The number of hydroxylamine groups is 2. The van der Waals surface area contributed by atoms with Gasteiger partial charge in [0.05, 0.1) is 24.5 Å². The van der Waals surface area contributed by atoms with E-state index in [9.17, 15) is 13.2 Å². The van der Waals surface area contributed by atoms with Gasteiger partial charge < -0.3 is 16.0 Å². The Hall–Kier alpha value is -2.38. The summed E-state index contributed by atoms with van der Waals surface area (Å²) in [6, 6.07) is -1.93. The molecule has 23 heavy (non-hydrogen) atoms. The summed E-state index contributed by atoms with van der Waals surface area (Å²) in [4.78, 5) is 13.8. The quantitative estimate of drug-likeness (QED) is 0.290. The van der Waals surface area contributed by atoms with Crippen molar-refractivity contribution in [2.75, 3.05) is 13.1 Å². The molecule has 2 aliphatic heterocycles. The van der Waals surface area contributed by atoms with E-state index in [1.807, 2.05) is 0 Å². The molecule has 1 fully saturated rings. The summed E-state index contributed by atoms with van der Waals surface area (Å²) in [5, 5.41) is 14.6. The van der Waals surface area contributed by atoms with Crippen molar-refractivity contribution in [3.05, 3.63) is 17.5 Å². The van der Waals surface area contributed by atoms with Crippen LogP contribution in [0.15, 0.2) is 6.20 Å². The fourth-order valence-corrected chi connectivity index (χ4v) is 3.33. The highest BCUT2D eigenvalue weighted by atomic mass is 32.3. The Kier molecular flexibility index (Phi) is 3.42. The Balaban J connectivity index is 2.00. The lowest BCUT2D eigenvalue weighted by Gasteiger charge is -2.31. The highest BCUT2D eigenvalue weighted by Crippen LogP contribution is 2.43. The summed E-state index contributed by atoms with van der Waals surface area (Å²) in [7, 11) is -3.15. The number of nitrogens with zero attached hydrogens (tertiary/aromatic N) is 4. The molecule has 3 heterocycles. The number of fused-ring (bicyclic) bond motifs is 4. The second-order valence-corrected chi connectivity index (χ2v) is 6.20. The SMILES string of the molecule is Cn1ncc2c1C(CNC(=N)N)N1CC2N(OS(=O)(=O)O)C1=O. The number of urea groups is 1. The Bertz CT molecular complexity index is 775. The number of amides is 2. The Morgan fingerprint density at radius 3 is 2.96 bits per heavy atom. The number of aromatic nitrogens is 2. The second kappa shape index (κ2) is 5.07. The van der Waals surface area contributed by atoms with Crippen LogP contribution in [0.5, 0.6) is 0 Å². The molecule has 12 nitrogen and oxygen atoms in total. The standard InChI is InChI=1S/C10H15N7O5S/c1-15-8-5(2-14-15)7-4-16(6(8)3-13-9(11)12)10(18)17(7)22-23(19,20)21/h2,6-7H,3-4H2,1H3,(H4,11,12,13)(H,19,20,21). The number of nitrogens with one attached hydrogen (secondary N) is 2. The maximum Gasteiger partial charge on any atom is 0.418 e. The third kappa shape index (κ3) is 2.58. The second-order valence-electron chi connectivity index (χ2n) is 5.20. The van der Waals surface area contributed by atoms with Gasteiger partial charge in [-0.25, -0.2) is 4.79 Å². The monoisotopic (exact) mass is 345 g/mol. The van der Waals surface area contributed by atoms with Crippen molar-refractivity contribution in [3.63, 3.8) is 0 Å². The lowest BCUT2D eigenvalue weighted by Crippen LogP contribution is -2.43. The summed E-state index contributed by atoms with van der Waals surface area (Å²) >= 11 is 0. The van der Waals surface area contributed by atoms with E-state index in [0.29, 0.717) is 16.3 Å². The summed E-state index contributed by atoms with van der Waals surface area (Å²) < 4.78 is 36.8. The van der Waals surface area contributed by atoms with E-state index < -0.39 is 28.5 Å². The maximum atomic E-state index is 12.4. The molecule has 2 aliphatic rings. The minimum atomic E-state index is -4.84. The first-order valence-electron chi connectivity index (χ1n) is 6.55. The molecule has 0 aromatic carbocycles. The number of hydrogen-bond acceptors (Lipinski definition) is 6. The van der Waals surface area contributed by atoms with Gasteiger partial charge in [-0.3, -0.25) is 14.6 Å². The van der Waals surface area contributed by atoms with Crippen LogP contribution in [0.1, 0.15) is 23.3 Å². The summed E-state index contributed by atoms with van der Waals surface area (Å²) in [5.41, 5.74) is 6.56. The van der Waals surface area contributed by atoms with Gasteiger partial charge in [0.25, 0.3) is 0 Å². The number of hydrogen-bond donors (Lipinski definition) is 4. The third-order valence-electron chi connectivity index (χ3n) is 3.81. The van der Waals surface area contributed by atoms with Gasteiger partial charge >= 0.3 is 16.4 Å². The molecule has 2 unspecified atom stereocenters. The molecule has 3 rings (SSSR count). The van der Waals surface area contributed by atoms with E-state index >= 15 is 0 Å². The van der Waals surface area contributed by atoms with E-state index in [0.717, 1.165) is 0 Å². The van der Waals surface area contributed by atoms with Gasteiger partial charge in [-0.05, 0) is 0 Å². The van der Waals surface area contributed by atoms with E-state index in [1.165, 1.54) is 11.1 Å². The van der Waals surface area contributed by atoms with Crippen molar-refractivity contribution in [1.82, 2.24) is 25.1 Å². The molecule has 1 saturated heterocycles. The molecule has 0 spiro atoms. The largest absolute Gasteiger partial charge is 0.418 e. The van der Waals surface area contributed by atoms with Crippen molar-refractivity contribution >= 4 is 22.4 Å². The van der Waals surface area contributed by atoms with Gasteiger partial charge in [-0.2, -0.15) is 18.6 Å². The molecule has 2 atom stereocenters. The van der Waals surface area contributed by atoms with Crippen LogP contribution in [-0.2, 0) is 21.7 Å². The van der Waals surface area contributed by atoms with E-state index in [4.69, 9.17) is 15.7 Å². The highest BCUT2D eigenvalue weighted by Gasteiger charge is 2.51. The smallest absolute Gasteiger partial charge is 0.370 e. The van der Waals surface area contributed by atoms with Crippen LogP contribution in [0.25, 0.3) is 0 Å². The normalized spacial score (nSPS) is 23.1. The molecular formula is C10H15N7O5S. The summed E-state index contributed by atoms with van der Waals surface area (Å²) in [6.07, 6.45) is 1.51. The molecule has 1 aromatic heterocycles. The zero-order chi connectivity index (χ0) is 16.9. The number of aryl methyl sites for hydroxylation is 1. The molecule has 2 amide bonds. The lowest BCUT2D eigenvalue weighted by atomic mass is 9.98. The average Bonchev–Trinajstić information content (AvgIpc) is 2.93. The van der Waals surface area contributed by atoms with Crippen LogP contribution >= 0.6 is 0 Å². The van der Waals surface area contributed by atoms with Gasteiger partial charge in [0, 0.05) is 19.2 Å². The van der Waals surface area contributed by atoms with Gasteiger partial charge in [0.15, 0.2) is 5.96 Å².